The van der Waals surface area contributed by atoms with Crippen molar-refractivity contribution in [3.8, 4) is 11.5 Å². The number of hydrogen-bond donors (Lipinski definition) is 0. The maximum Gasteiger partial charge on any atom is 0.231 e. The van der Waals surface area contributed by atoms with E-state index in [0.29, 0.717) is 13.2 Å². The average molecular weight is 276 g/mol. The van der Waals surface area contributed by atoms with Crippen molar-refractivity contribution in [3.63, 3.8) is 0 Å². The quantitative estimate of drug-likeness (QED) is 0.845. The third kappa shape index (κ3) is 2.53. The minimum absolute atomic E-state index is 0.276. The van der Waals surface area contributed by atoms with Crippen LogP contribution in [0.2, 0.25) is 0 Å². The Morgan fingerprint density at radius 2 is 1.90 bits per heavy atom. The van der Waals surface area contributed by atoms with Gasteiger partial charge in [0.2, 0.25) is 12.7 Å². The summed E-state index contributed by atoms with van der Waals surface area (Å²) in [4.78, 5) is 16.1. The first-order valence-corrected chi connectivity index (χ1v) is 7.20. The molecule has 0 spiro atoms. The van der Waals surface area contributed by atoms with Gasteiger partial charge in [-0.25, -0.2) is 0 Å². The number of ether oxygens (including phenoxy) is 2. The van der Waals surface area contributed by atoms with E-state index < -0.39 is 0 Å². The van der Waals surface area contributed by atoms with Crippen molar-refractivity contribution in [2.45, 2.75) is 19.8 Å². The highest BCUT2D eigenvalue weighted by atomic mass is 16.7. The molecule has 1 saturated heterocycles. The molecule has 2 aliphatic heterocycles. The van der Waals surface area contributed by atoms with Crippen LogP contribution in [-0.4, -0.2) is 43.8 Å². The van der Waals surface area contributed by atoms with Crippen molar-refractivity contribution < 1.29 is 14.3 Å². The molecule has 1 fully saturated rings. The number of amides is 1. The normalized spacial score (nSPS) is 17.4. The number of rotatable bonds is 3. The van der Waals surface area contributed by atoms with E-state index in [0.717, 1.165) is 49.8 Å². The molecule has 0 radical (unpaired) electrons. The Bertz CT molecular complexity index is 496. The van der Waals surface area contributed by atoms with E-state index in [4.69, 9.17) is 9.47 Å². The molecule has 108 valence electrons. The fourth-order valence-electron chi connectivity index (χ4n) is 2.67. The van der Waals surface area contributed by atoms with Crippen LogP contribution in [0.3, 0.4) is 0 Å². The second kappa shape index (κ2) is 5.61. The fourth-order valence-corrected chi connectivity index (χ4v) is 2.67. The van der Waals surface area contributed by atoms with E-state index in [1.165, 1.54) is 0 Å². The van der Waals surface area contributed by atoms with Gasteiger partial charge in [-0.05, 0) is 18.6 Å². The number of anilines is 1. The van der Waals surface area contributed by atoms with E-state index in [2.05, 4.69) is 11.0 Å². The van der Waals surface area contributed by atoms with Gasteiger partial charge in [0.25, 0.3) is 0 Å². The van der Waals surface area contributed by atoms with E-state index in [1.54, 1.807) is 0 Å². The Hall–Kier alpha value is -1.91. The Kier molecular flexibility index (Phi) is 3.67. The molecule has 0 N–H and O–H groups in total. The second-order valence-electron chi connectivity index (χ2n) is 5.16. The van der Waals surface area contributed by atoms with Crippen molar-refractivity contribution in [2.75, 3.05) is 37.9 Å². The van der Waals surface area contributed by atoms with Crippen LogP contribution in [0.5, 0.6) is 11.5 Å². The first-order valence-electron chi connectivity index (χ1n) is 7.20. The van der Waals surface area contributed by atoms with Gasteiger partial charge in [-0.1, -0.05) is 6.92 Å². The molecule has 0 unspecified atom stereocenters. The van der Waals surface area contributed by atoms with Gasteiger partial charge in [0.05, 0.1) is 0 Å². The fraction of sp³-hybridized carbons (Fsp3) is 0.533. The van der Waals surface area contributed by atoms with E-state index in [-0.39, 0.29) is 5.91 Å². The average Bonchev–Trinajstić information content (AvgIpc) is 2.95. The zero-order chi connectivity index (χ0) is 13.9. The summed E-state index contributed by atoms with van der Waals surface area (Å²) in [6.07, 6.45) is 1.57. The first kappa shape index (κ1) is 13.1. The minimum Gasteiger partial charge on any atom is -0.454 e. The number of carbonyl (C=O) groups is 1. The predicted octanol–water partition coefficient (Wildman–Crippen LogP) is 1.86. The van der Waals surface area contributed by atoms with Crippen LogP contribution in [0.1, 0.15) is 19.8 Å². The smallest absolute Gasteiger partial charge is 0.231 e. The van der Waals surface area contributed by atoms with E-state index in [9.17, 15) is 4.79 Å². The number of piperazine rings is 1. The van der Waals surface area contributed by atoms with Gasteiger partial charge in [0, 0.05) is 44.4 Å². The standard InChI is InChI=1S/C15H20N2O3/c1-2-3-15(18)17-8-6-16(7-9-17)12-4-5-13-14(10-12)20-11-19-13/h4-5,10H,2-3,6-9,11H2,1H3. The van der Waals surface area contributed by atoms with Gasteiger partial charge < -0.3 is 19.3 Å². The summed E-state index contributed by atoms with van der Waals surface area (Å²) in [6.45, 7) is 5.68. The van der Waals surface area contributed by atoms with E-state index in [1.807, 2.05) is 24.0 Å². The van der Waals surface area contributed by atoms with Gasteiger partial charge in [-0.2, -0.15) is 0 Å². The Morgan fingerprint density at radius 1 is 1.15 bits per heavy atom. The molecule has 0 saturated carbocycles. The molecule has 0 aliphatic carbocycles. The summed E-state index contributed by atoms with van der Waals surface area (Å²) in [7, 11) is 0. The minimum atomic E-state index is 0.276. The molecule has 0 aromatic heterocycles. The maximum absolute atomic E-state index is 11.9. The van der Waals surface area contributed by atoms with Crippen molar-refractivity contribution in [3.05, 3.63) is 18.2 Å². The Labute approximate surface area is 119 Å². The van der Waals surface area contributed by atoms with Gasteiger partial charge >= 0.3 is 0 Å². The number of hydrogen-bond acceptors (Lipinski definition) is 4. The van der Waals surface area contributed by atoms with Crippen molar-refractivity contribution in [1.29, 1.82) is 0 Å². The Morgan fingerprint density at radius 3 is 2.65 bits per heavy atom. The lowest BCUT2D eigenvalue weighted by Crippen LogP contribution is -2.48. The topological polar surface area (TPSA) is 42.0 Å². The zero-order valence-corrected chi connectivity index (χ0v) is 11.8. The lowest BCUT2D eigenvalue weighted by atomic mass is 10.2. The SMILES string of the molecule is CCCC(=O)N1CCN(c2ccc3c(c2)OCO3)CC1. The summed E-state index contributed by atoms with van der Waals surface area (Å²) < 4.78 is 10.7. The molecular weight excluding hydrogens is 256 g/mol. The maximum atomic E-state index is 11.9. The van der Waals surface area contributed by atoms with Crippen LogP contribution in [0.15, 0.2) is 18.2 Å². The first-order chi connectivity index (χ1) is 9.78. The molecule has 3 rings (SSSR count). The summed E-state index contributed by atoms with van der Waals surface area (Å²) in [6, 6.07) is 6.02. The molecule has 20 heavy (non-hydrogen) atoms. The molecule has 2 heterocycles. The van der Waals surface area contributed by atoms with Crippen LogP contribution in [0.25, 0.3) is 0 Å². The Balaban J connectivity index is 1.62. The number of nitrogens with zero attached hydrogens (tertiary/aromatic N) is 2. The number of benzene rings is 1. The number of fused-ring (bicyclic) bond motifs is 1. The highest BCUT2D eigenvalue weighted by Crippen LogP contribution is 2.35. The largest absolute Gasteiger partial charge is 0.454 e. The van der Waals surface area contributed by atoms with E-state index >= 15 is 0 Å². The van der Waals surface area contributed by atoms with Crippen LogP contribution >= 0.6 is 0 Å². The zero-order valence-electron chi connectivity index (χ0n) is 11.8. The summed E-state index contributed by atoms with van der Waals surface area (Å²) in [5.41, 5.74) is 1.14. The van der Waals surface area contributed by atoms with Crippen molar-refractivity contribution >= 4 is 11.6 Å². The molecule has 1 aromatic rings. The van der Waals surface area contributed by atoms with Crippen molar-refractivity contribution in [1.82, 2.24) is 4.90 Å². The van der Waals surface area contributed by atoms with Crippen LogP contribution in [0, 0.1) is 0 Å². The lowest BCUT2D eigenvalue weighted by Gasteiger charge is -2.36. The van der Waals surface area contributed by atoms with Gasteiger partial charge in [-0.3, -0.25) is 4.79 Å². The second-order valence-corrected chi connectivity index (χ2v) is 5.16. The highest BCUT2D eigenvalue weighted by molar-refractivity contribution is 5.76. The predicted molar refractivity (Wildman–Crippen MR) is 76.3 cm³/mol. The lowest BCUT2D eigenvalue weighted by molar-refractivity contribution is -0.131. The summed E-state index contributed by atoms with van der Waals surface area (Å²) in [5, 5.41) is 0. The van der Waals surface area contributed by atoms with Crippen molar-refractivity contribution in [2.24, 2.45) is 0 Å². The molecule has 0 bridgehead atoms. The molecule has 5 nitrogen and oxygen atoms in total. The molecule has 0 atom stereocenters. The van der Waals surface area contributed by atoms with Crippen LogP contribution in [0.4, 0.5) is 5.69 Å². The van der Waals surface area contributed by atoms with Crippen LogP contribution in [-0.2, 0) is 4.79 Å². The molecule has 5 heteroatoms. The highest BCUT2D eigenvalue weighted by Gasteiger charge is 2.22. The summed E-state index contributed by atoms with van der Waals surface area (Å²) >= 11 is 0. The molecule has 1 aromatic carbocycles. The van der Waals surface area contributed by atoms with Gasteiger partial charge in [0.1, 0.15) is 0 Å². The number of carbonyl (C=O) groups excluding carboxylic acids is 1. The molecule has 1 amide bonds. The monoisotopic (exact) mass is 276 g/mol. The molecular formula is C15H20N2O3. The van der Waals surface area contributed by atoms with Gasteiger partial charge in [0.15, 0.2) is 11.5 Å². The summed E-state index contributed by atoms with van der Waals surface area (Å²) in [5.74, 6) is 1.90. The van der Waals surface area contributed by atoms with Gasteiger partial charge in [-0.15, -0.1) is 0 Å². The van der Waals surface area contributed by atoms with Crippen LogP contribution < -0.4 is 14.4 Å². The third-order valence-electron chi connectivity index (χ3n) is 3.82. The third-order valence-corrected chi connectivity index (χ3v) is 3.82. The molecule has 2 aliphatic rings.